The quantitative estimate of drug-likeness (QED) is 0.260. The predicted octanol–water partition coefficient (Wildman–Crippen LogP) is 11.6. The van der Waals surface area contributed by atoms with Crippen LogP contribution in [0, 0.1) is 34.0 Å². The fourth-order valence-electron chi connectivity index (χ4n) is 6.10. The summed E-state index contributed by atoms with van der Waals surface area (Å²) in [5.41, 5.74) is 10.7. The molecule has 2 aliphatic rings. The summed E-state index contributed by atoms with van der Waals surface area (Å²) in [4.78, 5) is 12.7. The highest BCUT2D eigenvalue weighted by Crippen LogP contribution is 2.26. The average Bonchev–Trinajstić information content (AvgIpc) is 3.80. The summed E-state index contributed by atoms with van der Waals surface area (Å²) in [5, 5.41) is 8.62. The SMILES string of the molecule is CC(C)(C)CC1=CCN=C1.CC1=NCC(CC(C)(C)C)=C1.Cc1cc(CC(C)(C)C)n(C)n1.Cn1ccc(CC(C)(C)C)n1.Cn1cnc(CC(C)(C)C)c1. The van der Waals surface area contributed by atoms with Crippen molar-refractivity contribution in [3.05, 3.63) is 76.9 Å². The monoisotopic (exact) mass is 759 g/mol. The van der Waals surface area contributed by atoms with E-state index in [1.165, 1.54) is 40.4 Å². The molecule has 5 rings (SSSR count). The van der Waals surface area contributed by atoms with Gasteiger partial charge in [0.15, 0.2) is 0 Å². The number of aromatic nitrogens is 6. The zero-order chi connectivity index (χ0) is 42.4. The van der Waals surface area contributed by atoms with Crippen molar-refractivity contribution in [2.24, 2.45) is 58.2 Å². The third-order valence-electron chi connectivity index (χ3n) is 7.91. The van der Waals surface area contributed by atoms with Crippen LogP contribution in [0.4, 0.5) is 0 Å². The molecule has 310 valence electrons. The van der Waals surface area contributed by atoms with Crippen LogP contribution >= 0.6 is 0 Å². The van der Waals surface area contributed by atoms with Crippen molar-refractivity contribution in [2.75, 3.05) is 13.1 Å². The molecule has 3 aromatic heterocycles. The molecule has 2 aliphatic heterocycles. The fourth-order valence-corrected chi connectivity index (χ4v) is 6.10. The maximum Gasteiger partial charge on any atom is 0.0946 e. The van der Waals surface area contributed by atoms with Crippen molar-refractivity contribution in [1.82, 2.24) is 29.1 Å². The summed E-state index contributed by atoms with van der Waals surface area (Å²) in [7, 11) is 5.96. The van der Waals surface area contributed by atoms with E-state index >= 15 is 0 Å². The smallest absolute Gasteiger partial charge is 0.0946 e. The molecule has 0 amide bonds. The highest BCUT2D eigenvalue weighted by molar-refractivity contribution is 5.95. The first-order valence-corrected chi connectivity index (χ1v) is 20.2. The van der Waals surface area contributed by atoms with E-state index in [2.05, 4.69) is 166 Å². The van der Waals surface area contributed by atoms with Gasteiger partial charge in [-0.1, -0.05) is 110 Å². The number of rotatable bonds is 5. The minimum absolute atomic E-state index is 0.342. The molecule has 0 N–H and O–H groups in total. The zero-order valence-corrected chi connectivity index (χ0v) is 39.1. The van der Waals surface area contributed by atoms with E-state index in [0.29, 0.717) is 27.1 Å². The minimum atomic E-state index is 0.342. The molecule has 5 heterocycles. The van der Waals surface area contributed by atoms with Crippen LogP contribution < -0.4 is 0 Å². The maximum absolute atomic E-state index is 4.33. The Morgan fingerprint density at radius 2 is 1.20 bits per heavy atom. The van der Waals surface area contributed by atoms with Crippen LogP contribution in [0.2, 0.25) is 0 Å². The lowest BCUT2D eigenvalue weighted by molar-refractivity contribution is 0.398. The van der Waals surface area contributed by atoms with Crippen molar-refractivity contribution in [3.8, 4) is 0 Å². The van der Waals surface area contributed by atoms with Crippen molar-refractivity contribution in [2.45, 2.75) is 150 Å². The molecular weight excluding hydrogens is 677 g/mol. The lowest BCUT2D eigenvalue weighted by Crippen LogP contribution is -2.12. The van der Waals surface area contributed by atoms with E-state index in [1.807, 2.05) is 60.7 Å². The van der Waals surface area contributed by atoms with Gasteiger partial charge in [0.05, 0.1) is 36.5 Å². The van der Waals surface area contributed by atoms with Gasteiger partial charge in [0, 0.05) is 51.2 Å². The average molecular weight is 759 g/mol. The van der Waals surface area contributed by atoms with Gasteiger partial charge in [0.25, 0.3) is 0 Å². The van der Waals surface area contributed by atoms with Crippen molar-refractivity contribution < 1.29 is 0 Å². The molecule has 0 aromatic carbocycles. The second-order valence-electron chi connectivity index (χ2n) is 21.6. The van der Waals surface area contributed by atoms with Gasteiger partial charge in [-0.05, 0) is 102 Å². The first-order chi connectivity index (χ1) is 24.9. The summed E-state index contributed by atoms with van der Waals surface area (Å²) in [5.74, 6) is 0. The molecule has 0 atom stereocenters. The molecule has 0 fully saturated rings. The number of imidazole rings is 1. The molecule has 0 aliphatic carbocycles. The molecule has 0 radical (unpaired) electrons. The van der Waals surface area contributed by atoms with E-state index in [4.69, 9.17) is 0 Å². The van der Waals surface area contributed by atoms with Crippen molar-refractivity contribution in [3.63, 3.8) is 0 Å². The van der Waals surface area contributed by atoms with Gasteiger partial charge in [0.1, 0.15) is 0 Å². The number of nitrogens with zero attached hydrogens (tertiary/aromatic N) is 8. The highest BCUT2D eigenvalue weighted by Gasteiger charge is 2.17. The topological polar surface area (TPSA) is 78.2 Å². The van der Waals surface area contributed by atoms with Gasteiger partial charge in [-0.3, -0.25) is 19.3 Å². The normalized spacial score (nSPS) is 14.3. The molecule has 0 spiro atoms. The van der Waals surface area contributed by atoms with E-state index in [-0.39, 0.29) is 0 Å². The molecule has 0 unspecified atom stereocenters. The largest absolute Gasteiger partial charge is 0.340 e. The first kappa shape index (κ1) is 49.5. The third-order valence-corrected chi connectivity index (χ3v) is 7.91. The van der Waals surface area contributed by atoms with Gasteiger partial charge in [0.2, 0.25) is 0 Å². The first-order valence-electron chi connectivity index (χ1n) is 20.2. The van der Waals surface area contributed by atoms with E-state index in [1.54, 1.807) is 0 Å². The van der Waals surface area contributed by atoms with Gasteiger partial charge >= 0.3 is 0 Å². The number of hydrogen-bond donors (Lipinski definition) is 0. The van der Waals surface area contributed by atoms with Gasteiger partial charge < -0.3 is 4.57 Å². The summed E-state index contributed by atoms with van der Waals surface area (Å²) in [6, 6.07) is 4.23. The molecule has 8 heteroatoms. The highest BCUT2D eigenvalue weighted by atomic mass is 15.3. The standard InChI is InChI=1S/C10H18N2.C10H17N.2C9H16N2.C9H15N/c1-8-6-9(12(5)11-8)7-10(2,3)4;1-8-5-9(7-11-8)6-10(2,3)4;1-9(2,3)5-8-6-11(4)7-10-8;1-9(2,3)7-8-5-6-11(4)10-8;1-9(2,3)6-8-4-5-10-7-8/h6H,7H2,1-5H3;5H,6-7H2,1-4H3;6-7H,5H2,1-4H3;5-6H,7H2,1-4H3;4,7H,5-6H2,1-3H3. The molecular formula is C47H82N8. The molecule has 55 heavy (non-hydrogen) atoms. The van der Waals surface area contributed by atoms with Crippen LogP contribution in [0.5, 0.6) is 0 Å². The van der Waals surface area contributed by atoms with Crippen LogP contribution in [-0.4, -0.2) is 54.1 Å². The van der Waals surface area contributed by atoms with Crippen molar-refractivity contribution in [1.29, 1.82) is 0 Å². The lowest BCUT2D eigenvalue weighted by atomic mass is 9.88. The molecule has 0 saturated carbocycles. The Kier molecular flexibility index (Phi) is 19.0. The van der Waals surface area contributed by atoms with E-state index in [9.17, 15) is 0 Å². The van der Waals surface area contributed by atoms with Crippen molar-refractivity contribution >= 4 is 11.9 Å². The minimum Gasteiger partial charge on any atom is -0.340 e. The van der Waals surface area contributed by atoms with Gasteiger partial charge in [-0.25, -0.2) is 4.98 Å². The van der Waals surface area contributed by atoms with Crippen LogP contribution in [-0.2, 0) is 40.4 Å². The molecule has 0 saturated heterocycles. The van der Waals surface area contributed by atoms with Gasteiger partial charge in [-0.2, -0.15) is 10.2 Å². The number of aryl methyl sites for hydroxylation is 4. The molecule has 8 nitrogen and oxygen atoms in total. The van der Waals surface area contributed by atoms with E-state index < -0.39 is 0 Å². The number of hydrogen-bond acceptors (Lipinski definition) is 5. The number of allylic oxidation sites excluding steroid dienone is 2. The van der Waals surface area contributed by atoms with Crippen LogP contribution in [0.3, 0.4) is 0 Å². The molecule has 0 bridgehead atoms. The zero-order valence-electron chi connectivity index (χ0n) is 39.1. The lowest BCUT2D eigenvalue weighted by Gasteiger charge is -2.17. The summed E-state index contributed by atoms with van der Waals surface area (Å²) in [6.07, 6.45) is 17.8. The Balaban J connectivity index is 0.000000344. The maximum atomic E-state index is 4.33. The summed E-state index contributed by atoms with van der Waals surface area (Å²) in [6.45, 7) is 39.6. The second-order valence-corrected chi connectivity index (χ2v) is 21.6. The van der Waals surface area contributed by atoms with E-state index in [0.717, 1.165) is 44.5 Å². The summed E-state index contributed by atoms with van der Waals surface area (Å²) < 4.78 is 5.81. The van der Waals surface area contributed by atoms with Crippen LogP contribution in [0.15, 0.2) is 64.1 Å². The van der Waals surface area contributed by atoms with Gasteiger partial charge in [-0.15, -0.1) is 0 Å². The molecule has 3 aromatic rings. The number of aliphatic imine (C=N–C) groups is 2. The Bertz CT molecular complexity index is 1630. The Morgan fingerprint density at radius 1 is 0.655 bits per heavy atom. The Labute approximate surface area is 338 Å². The van der Waals surface area contributed by atoms with Crippen LogP contribution in [0.25, 0.3) is 0 Å². The second kappa shape index (κ2) is 21.1. The van der Waals surface area contributed by atoms with Crippen LogP contribution in [0.1, 0.15) is 146 Å². The predicted molar refractivity (Wildman–Crippen MR) is 239 cm³/mol. The Hall–Kier alpha value is -3.55. The Morgan fingerprint density at radius 3 is 1.56 bits per heavy atom. The fraction of sp³-hybridized carbons (Fsp3) is 0.681. The summed E-state index contributed by atoms with van der Waals surface area (Å²) >= 11 is 0. The third kappa shape index (κ3) is 26.0.